The monoisotopic (exact) mass is 216 g/mol. The first-order chi connectivity index (χ1) is 7.88. The molecule has 2 heterocycles. The highest BCUT2D eigenvalue weighted by atomic mass is 15.2. The number of nitrogens with zero attached hydrogens (tertiary/aromatic N) is 1. The Morgan fingerprint density at radius 1 is 1.44 bits per heavy atom. The number of benzene rings is 1. The van der Waals surface area contributed by atoms with Gasteiger partial charge in [-0.15, -0.1) is 0 Å². The number of hydrogen-bond acceptors (Lipinski definition) is 2. The molecular formula is C14H20N2. The molecule has 0 saturated carbocycles. The molecule has 0 radical (unpaired) electrons. The fourth-order valence-corrected chi connectivity index (χ4v) is 2.96. The van der Waals surface area contributed by atoms with Crippen LogP contribution in [-0.2, 0) is 12.8 Å². The summed E-state index contributed by atoms with van der Waals surface area (Å²) >= 11 is 0. The second-order valence-corrected chi connectivity index (χ2v) is 4.93. The molecule has 0 bridgehead atoms. The Morgan fingerprint density at radius 3 is 3.25 bits per heavy atom. The van der Waals surface area contributed by atoms with Crippen molar-refractivity contribution < 1.29 is 0 Å². The summed E-state index contributed by atoms with van der Waals surface area (Å²) in [4.78, 5) is 2.62. The third-order valence-corrected chi connectivity index (χ3v) is 3.90. The molecule has 2 nitrogen and oxygen atoms in total. The van der Waals surface area contributed by atoms with Crippen LogP contribution in [0.4, 0.5) is 5.69 Å². The van der Waals surface area contributed by atoms with Crippen molar-refractivity contribution in [2.75, 3.05) is 24.5 Å². The van der Waals surface area contributed by atoms with Gasteiger partial charge in [0.05, 0.1) is 0 Å². The second kappa shape index (κ2) is 4.10. The summed E-state index contributed by atoms with van der Waals surface area (Å²) in [6.07, 6.45) is 3.64. The van der Waals surface area contributed by atoms with E-state index in [9.17, 15) is 0 Å². The second-order valence-electron chi connectivity index (χ2n) is 4.93. The zero-order valence-corrected chi connectivity index (χ0v) is 10.00. The molecule has 1 fully saturated rings. The molecule has 2 heteroatoms. The van der Waals surface area contributed by atoms with E-state index in [1.165, 1.54) is 37.2 Å². The van der Waals surface area contributed by atoms with Gasteiger partial charge in [-0.2, -0.15) is 0 Å². The molecule has 1 N–H and O–H groups in total. The standard InChI is InChI=1S/C14H20N2/c1-2-11-4-5-12-9-13-10-15-6-3-7-16(13)14(12)8-11/h4-5,8,13,15H,2-3,6-7,9-10H2,1H3. The van der Waals surface area contributed by atoms with Gasteiger partial charge in [0.25, 0.3) is 0 Å². The predicted octanol–water partition coefficient (Wildman–Crippen LogP) is 1.97. The minimum Gasteiger partial charge on any atom is -0.367 e. The average Bonchev–Trinajstić information content (AvgIpc) is 2.50. The summed E-state index contributed by atoms with van der Waals surface area (Å²) in [7, 11) is 0. The first-order valence-electron chi connectivity index (χ1n) is 6.47. The van der Waals surface area contributed by atoms with Crippen molar-refractivity contribution in [1.29, 1.82) is 0 Å². The molecule has 1 aromatic carbocycles. The van der Waals surface area contributed by atoms with Gasteiger partial charge in [-0.3, -0.25) is 0 Å². The number of hydrogen-bond donors (Lipinski definition) is 1. The van der Waals surface area contributed by atoms with E-state index in [0.29, 0.717) is 6.04 Å². The number of fused-ring (bicyclic) bond motifs is 3. The van der Waals surface area contributed by atoms with Crippen molar-refractivity contribution in [3.8, 4) is 0 Å². The molecule has 1 atom stereocenters. The van der Waals surface area contributed by atoms with Crippen LogP contribution in [0.2, 0.25) is 0 Å². The molecule has 0 spiro atoms. The fraction of sp³-hybridized carbons (Fsp3) is 0.571. The molecule has 2 aliphatic rings. The Morgan fingerprint density at radius 2 is 2.38 bits per heavy atom. The van der Waals surface area contributed by atoms with Crippen LogP contribution in [0.5, 0.6) is 0 Å². The Bertz CT molecular complexity index is 386. The van der Waals surface area contributed by atoms with Gasteiger partial charge in [-0.05, 0) is 43.0 Å². The molecule has 1 unspecified atom stereocenters. The van der Waals surface area contributed by atoms with Crippen LogP contribution in [-0.4, -0.2) is 25.7 Å². The van der Waals surface area contributed by atoms with Crippen LogP contribution in [0.3, 0.4) is 0 Å². The van der Waals surface area contributed by atoms with E-state index >= 15 is 0 Å². The topological polar surface area (TPSA) is 15.3 Å². The van der Waals surface area contributed by atoms with Crippen molar-refractivity contribution in [3.63, 3.8) is 0 Å². The van der Waals surface area contributed by atoms with E-state index in [1.807, 2.05) is 0 Å². The Hall–Kier alpha value is -1.02. The molecule has 1 aromatic rings. The largest absolute Gasteiger partial charge is 0.367 e. The maximum absolute atomic E-state index is 3.54. The summed E-state index contributed by atoms with van der Waals surface area (Å²) in [6, 6.07) is 7.73. The first kappa shape index (κ1) is 10.2. The number of anilines is 1. The summed E-state index contributed by atoms with van der Waals surface area (Å²) in [6.45, 7) is 5.78. The molecule has 16 heavy (non-hydrogen) atoms. The van der Waals surface area contributed by atoms with Crippen molar-refractivity contribution in [2.24, 2.45) is 0 Å². The zero-order valence-electron chi connectivity index (χ0n) is 10.00. The minimum atomic E-state index is 0.699. The lowest BCUT2D eigenvalue weighted by Gasteiger charge is -2.24. The third-order valence-electron chi connectivity index (χ3n) is 3.90. The van der Waals surface area contributed by atoms with E-state index in [0.717, 1.165) is 13.0 Å². The number of nitrogens with one attached hydrogen (secondary N) is 1. The Labute approximate surface area is 97.6 Å². The van der Waals surface area contributed by atoms with Crippen LogP contribution in [0.1, 0.15) is 24.5 Å². The van der Waals surface area contributed by atoms with E-state index in [-0.39, 0.29) is 0 Å². The SMILES string of the molecule is CCc1ccc2c(c1)N1CCCNCC1C2. The molecule has 0 aliphatic carbocycles. The molecule has 1 saturated heterocycles. The number of aryl methyl sites for hydroxylation is 1. The van der Waals surface area contributed by atoms with E-state index in [2.05, 4.69) is 35.3 Å². The van der Waals surface area contributed by atoms with Gasteiger partial charge >= 0.3 is 0 Å². The highest BCUT2D eigenvalue weighted by Gasteiger charge is 2.29. The lowest BCUT2D eigenvalue weighted by Crippen LogP contribution is -2.36. The van der Waals surface area contributed by atoms with Crippen LogP contribution in [0, 0.1) is 0 Å². The van der Waals surface area contributed by atoms with E-state index in [1.54, 1.807) is 5.56 Å². The third kappa shape index (κ3) is 1.61. The summed E-state index contributed by atoms with van der Waals surface area (Å²) in [5.41, 5.74) is 4.52. The van der Waals surface area contributed by atoms with Crippen LogP contribution in [0.15, 0.2) is 18.2 Å². The van der Waals surface area contributed by atoms with Gasteiger partial charge in [-0.25, -0.2) is 0 Å². The van der Waals surface area contributed by atoms with Crippen LogP contribution in [0.25, 0.3) is 0 Å². The maximum Gasteiger partial charge on any atom is 0.0455 e. The minimum absolute atomic E-state index is 0.699. The zero-order chi connectivity index (χ0) is 11.0. The van der Waals surface area contributed by atoms with Gasteiger partial charge in [-0.1, -0.05) is 19.1 Å². The number of rotatable bonds is 1. The van der Waals surface area contributed by atoms with E-state index in [4.69, 9.17) is 0 Å². The van der Waals surface area contributed by atoms with Crippen molar-refractivity contribution in [3.05, 3.63) is 29.3 Å². The van der Waals surface area contributed by atoms with Gasteiger partial charge in [0.15, 0.2) is 0 Å². The van der Waals surface area contributed by atoms with Crippen LogP contribution >= 0.6 is 0 Å². The molecule has 3 rings (SSSR count). The predicted molar refractivity (Wildman–Crippen MR) is 68.1 cm³/mol. The maximum atomic E-state index is 3.54. The molecule has 0 aromatic heterocycles. The van der Waals surface area contributed by atoms with Gasteiger partial charge < -0.3 is 10.2 Å². The Kier molecular flexibility index (Phi) is 2.60. The van der Waals surface area contributed by atoms with Crippen LogP contribution < -0.4 is 10.2 Å². The highest BCUT2D eigenvalue weighted by Crippen LogP contribution is 2.33. The van der Waals surface area contributed by atoms with Crippen molar-refractivity contribution in [2.45, 2.75) is 32.2 Å². The fourth-order valence-electron chi connectivity index (χ4n) is 2.96. The molecule has 0 amide bonds. The lowest BCUT2D eigenvalue weighted by atomic mass is 10.1. The molecular weight excluding hydrogens is 196 g/mol. The van der Waals surface area contributed by atoms with Crippen molar-refractivity contribution in [1.82, 2.24) is 5.32 Å². The summed E-state index contributed by atoms with van der Waals surface area (Å²) in [5.74, 6) is 0. The molecule has 2 aliphatic heterocycles. The normalized spacial score (nSPS) is 23.8. The first-order valence-corrected chi connectivity index (χ1v) is 6.47. The van der Waals surface area contributed by atoms with Gasteiger partial charge in [0.2, 0.25) is 0 Å². The van der Waals surface area contributed by atoms with Gasteiger partial charge in [0, 0.05) is 24.8 Å². The average molecular weight is 216 g/mol. The Balaban J connectivity index is 1.95. The quantitative estimate of drug-likeness (QED) is 0.772. The molecule has 86 valence electrons. The van der Waals surface area contributed by atoms with E-state index < -0.39 is 0 Å². The van der Waals surface area contributed by atoms with Gasteiger partial charge in [0.1, 0.15) is 0 Å². The highest BCUT2D eigenvalue weighted by molar-refractivity contribution is 5.61. The van der Waals surface area contributed by atoms with Crippen molar-refractivity contribution >= 4 is 5.69 Å². The lowest BCUT2D eigenvalue weighted by molar-refractivity contribution is 0.613. The smallest absolute Gasteiger partial charge is 0.0455 e. The summed E-state index contributed by atoms with van der Waals surface area (Å²) in [5, 5.41) is 3.54. The summed E-state index contributed by atoms with van der Waals surface area (Å²) < 4.78 is 0.